The third kappa shape index (κ3) is 5.34. The van der Waals surface area contributed by atoms with Crippen molar-refractivity contribution in [1.29, 1.82) is 0 Å². The lowest BCUT2D eigenvalue weighted by molar-refractivity contribution is 0.105. The number of carbonyl (C=O) groups excluding carboxylic acids is 1. The maximum Gasteiger partial charge on any atom is 0.284 e. The minimum Gasteiger partial charge on any atom is -0.506 e. The predicted octanol–water partition coefficient (Wildman–Crippen LogP) is 2.38. The van der Waals surface area contributed by atoms with Crippen molar-refractivity contribution in [1.82, 2.24) is 15.0 Å². The molecule has 6 N–H and O–H groups in total. The highest BCUT2D eigenvalue weighted by Gasteiger charge is 2.26. The van der Waals surface area contributed by atoms with Gasteiger partial charge in [0, 0.05) is 23.4 Å². The number of sulfonamides is 1. The number of fused-ring (bicyclic) bond motifs is 1. The Kier molecular flexibility index (Phi) is 6.55. The first-order valence-electron chi connectivity index (χ1n) is 10.9. The summed E-state index contributed by atoms with van der Waals surface area (Å²) in [6.07, 6.45) is 1.29. The maximum atomic E-state index is 13.5. The molecule has 0 bridgehead atoms. The van der Waals surface area contributed by atoms with Crippen LogP contribution in [0.25, 0.3) is 22.4 Å². The van der Waals surface area contributed by atoms with E-state index in [9.17, 15) is 28.2 Å². The van der Waals surface area contributed by atoms with E-state index >= 15 is 0 Å². The number of ketones is 1. The van der Waals surface area contributed by atoms with E-state index in [4.69, 9.17) is 5.73 Å². The molecule has 0 spiro atoms. The Morgan fingerprint density at radius 1 is 1.05 bits per heavy atom. The van der Waals surface area contributed by atoms with Crippen LogP contribution in [0.3, 0.4) is 0 Å². The standard InChI is InChI=1S/C25H23N5O6S/c1-25(2,34)24(26)30-37(35,36)16-7-5-6-14(12-16)21(32)20(22(33)15-10-11-27-19(31)13-15)23-28-17-8-3-4-9-18(17)29-23/h3-13,32,34H,1-2H3,(H2,26,30)(H,27,31)(H,28,29). The summed E-state index contributed by atoms with van der Waals surface area (Å²) in [4.78, 5) is 34.8. The molecule has 0 saturated carbocycles. The average molecular weight is 522 g/mol. The summed E-state index contributed by atoms with van der Waals surface area (Å²) < 4.78 is 29.1. The second-order valence-electron chi connectivity index (χ2n) is 8.64. The van der Waals surface area contributed by atoms with E-state index in [0.29, 0.717) is 11.0 Å². The number of nitrogens with one attached hydrogen (secondary N) is 2. The number of allylic oxidation sites excluding steroid dienone is 1. The number of hydrogen-bond donors (Lipinski definition) is 5. The molecular formula is C25H23N5O6S. The molecule has 11 nitrogen and oxygen atoms in total. The molecule has 0 aliphatic heterocycles. The number of aromatic amines is 2. The van der Waals surface area contributed by atoms with Crippen molar-refractivity contribution >= 4 is 44.0 Å². The predicted molar refractivity (Wildman–Crippen MR) is 138 cm³/mol. The van der Waals surface area contributed by atoms with Crippen LogP contribution in [-0.2, 0) is 10.0 Å². The van der Waals surface area contributed by atoms with E-state index < -0.39 is 38.6 Å². The zero-order chi connectivity index (χ0) is 27.0. The van der Waals surface area contributed by atoms with Gasteiger partial charge in [-0.1, -0.05) is 24.3 Å². The summed E-state index contributed by atoms with van der Waals surface area (Å²) in [5.41, 5.74) is 4.20. The van der Waals surface area contributed by atoms with E-state index in [1.54, 1.807) is 24.3 Å². The Bertz CT molecular complexity index is 1710. The molecule has 190 valence electrons. The van der Waals surface area contributed by atoms with Crippen molar-refractivity contribution in [2.24, 2.45) is 10.1 Å². The minimum atomic E-state index is -4.37. The van der Waals surface area contributed by atoms with Gasteiger partial charge in [-0.15, -0.1) is 4.40 Å². The zero-order valence-electron chi connectivity index (χ0n) is 19.8. The van der Waals surface area contributed by atoms with E-state index in [1.165, 1.54) is 44.3 Å². The summed E-state index contributed by atoms with van der Waals surface area (Å²) in [6, 6.07) is 14.5. The maximum absolute atomic E-state index is 13.5. The van der Waals surface area contributed by atoms with Crippen LogP contribution >= 0.6 is 0 Å². The number of carbonyl (C=O) groups is 1. The Hall–Kier alpha value is -4.55. The Morgan fingerprint density at radius 2 is 1.78 bits per heavy atom. The van der Waals surface area contributed by atoms with Crippen molar-refractivity contribution in [2.75, 3.05) is 0 Å². The number of aromatic nitrogens is 3. The van der Waals surface area contributed by atoms with E-state index in [2.05, 4.69) is 19.3 Å². The molecule has 0 unspecified atom stereocenters. The SMILES string of the molecule is CC(C)(O)C(N)=NS(=O)(=O)c1cccc(C(O)=C(C(=O)c2cc[nH]c(=O)c2)c2nc3ccccc3[nH]2)c1. The van der Waals surface area contributed by atoms with Gasteiger partial charge in [0.05, 0.1) is 15.9 Å². The number of H-pyrrole nitrogens is 2. The molecule has 0 saturated heterocycles. The van der Waals surface area contributed by atoms with Gasteiger partial charge in [0.1, 0.15) is 28.6 Å². The van der Waals surface area contributed by atoms with E-state index in [0.717, 1.165) is 12.1 Å². The summed E-state index contributed by atoms with van der Waals surface area (Å²) in [6.45, 7) is 2.57. The number of amidine groups is 1. The first-order valence-corrected chi connectivity index (χ1v) is 12.4. The number of benzene rings is 2. The first-order chi connectivity index (χ1) is 17.4. The second kappa shape index (κ2) is 9.48. The van der Waals surface area contributed by atoms with Gasteiger partial charge in [0.2, 0.25) is 11.3 Å². The van der Waals surface area contributed by atoms with Crippen molar-refractivity contribution in [3.63, 3.8) is 0 Å². The zero-order valence-corrected chi connectivity index (χ0v) is 20.6. The van der Waals surface area contributed by atoms with Crippen LogP contribution in [0.5, 0.6) is 0 Å². The van der Waals surface area contributed by atoms with Gasteiger partial charge >= 0.3 is 0 Å². The molecule has 0 fully saturated rings. The molecule has 2 aromatic carbocycles. The van der Waals surface area contributed by atoms with Crippen LogP contribution in [0.4, 0.5) is 0 Å². The Balaban J connectivity index is 1.91. The number of rotatable bonds is 7. The third-order valence-electron chi connectivity index (χ3n) is 5.38. The monoisotopic (exact) mass is 521 g/mol. The molecule has 12 heteroatoms. The summed E-state index contributed by atoms with van der Waals surface area (Å²) in [5.74, 6) is -1.81. The molecule has 4 rings (SSSR count). The smallest absolute Gasteiger partial charge is 0.284 e. The lowest BCUT2D eigenvalue weighted by atomic mass is 9.99. The van der Waals surface area contributed by atoms with Crippen LogP contribution < -0.4 is 11.3 Å². The third-order valence-corrected chi connectivity index (χ3v) is 6.66. The number of para-hydroxylation sites is 2. The Morgan fingerprint density at radius 3 is 2.46 bits per heavy atom. The average Bonchev–Trinajstić information content (AvgIpc) is 3.27. The topological polar surface area (TPSA) is 192 Å². The molecular weight excluding hydrogens is 498 g/mol. The number of nitrogens with zero attached hydrogens (tertiary/aromatic N) is 2. The van der Waals surface area contributed by atoms with Gasteiger partial charge in [0.25, 0.3) is 10.0 Å². The fraction of sp³-hybridized carbons (Fsp3) is 0.120. The number of aliphatic hydroxyl groups is 2. The quantitative estimate of drug-likeness (QED) is 0.0804. The van der Waals surface area contributed by atoms with Gasteiger partial charge in [-0.2, -0.15) is 8.42 Å². The fourth-order valence-electron chi connectivity index (χ4n) is 3.37. The summed E-state index contributed by atoms with van der Waals surface area (Å²) >= 11 is 0. The lowest BCUT2D eigenvalue weighted by Crippen LogP contribution is -2.38. The highest BCUT2D eigenvalue weighted by atomic mass is 32.2. The number of pyridine rings is 1. The number of nitrogens with two attached hydrogens (primary N) is 1. The van der Waals surface area contributed by atoms with Gasteiger partial charge in [-0.05, 0) is 44.2 Å². The van der Waals surface area contributed by atoms with Crippen molar-refractivity contribution in [3.05, 3.63) is 94.2 Å². The Labute approximate surface area is 211 Å². The largest absolute Gasteiger partial charge is 0.506 e. The molecule has 2 heterocycles. The summed E-state index contributed by atoms with van der Waals surface area (Å²) in [7, 11) is -4.37. The summed E-state index contributed by atoms with van der Waals surface area (Å²) in [5, 5.41) is 21.2. The van der Waals surface area contributed by atoms with Crippen LogP contribution in [0.2, 0.25) is 0 Å². The number of hydrogen-bond acceptors (Lipinski definition) is 7. The fourth-order valence-corrected chi connectivity index (χ4v) is 4.48. The van der Waals surface area contributed by atoms with Crippen molar-refractivity contribution in [3.8, 4) is 0 Å². The van der Waals surface area contributed by atoms with Gasteiger partial charge in [-0.3, -0.25) is 9.59 Å². The van der Waals surface area contributed by atoms with Gasteiger partial charge in [-0.25, -0.2) is 4.98 Å². The van der Waals surface area contributed by atoms with E-state index in [1.807, 2.05) is 0 Å². The first kappa shape index (κ1) is 25.5. The van der Waals surface area contributed by atoms with Crippen LogP contribution in [0.1, 0.15) is 35.6 Å². The lowest BCUT2D eigenvalue weighted by Gasteiger charge is -2.15. The second-order valence-corrected chi connectivity index (χ2v) is 10.2. The molecule has 0 aliphatic carbocycles. The number of aliphatic hydroxyl groups excluding tert-OH is 1. The normalized spacial score (nSPS) is 13.4. The highest BCUT2D eigenvalue weighted by molar-refractivity contribution is 7.90. The van der Waals surface area contributed by atoms with Gasteiger partial charge in [0.15, 0.2) is 0 Å². The number of Topliss-reactive ketones (excluding diaryl/α,β-unsaturated/α-hetero) is 1. The molecule has 2 aromatic heterocycles. The molecule has 0 aliphatic rings. The molecule has 0 amide bonds. The molecule has 4 aromatic rings. The number of imidazole rings is 1. The van der Waals surface area contributed by atoms with Crippen LogP contribution in [-0.4, -0.2) is 50.8 Å². The highest BCUT2D eigenvalue weighted by Crippen LogP contribution is 2.29. The van der Waals surface area contributed by atoms with Crippen molar-refractivity contribution < 1.29 is 23.4 Å². The minimum absolute atomic E-state index is 0.0153. The molecule has 37 heavy (non-hydrogen) atoms. The molecule has 0 atom stereocenters. The van der Waals surface area contributed by atoms with Crippen LogP contribution in [0.15, 0.2) is 80.9 Å². The van der Waals surface area contributed by atoms with E-state index in [-0.39, 0.29) is 27.4 Å². The van der Waals surface area contributed by atoms with Crippen LogP contribution in [0, 0.1) is 0 Å². The van der Waals surface area contributed by atoms with Crippen molar-refractivity contribution in [2.45, 2.75) is 24.3 Å². The van der Waals surface area contributed by atoms with Gasteiger partial charge < -0.3 is 25.9 Å². The molecule has 0 radical (unpaired) electrons.